The van der Waals surface area contributed by atoms with E-state index < -0.39 is 0 Å². The molecule has 0 atom stereocenters. The van der Waals surface area contributed by atoms with Gasteiger partial charge in [-0.25, -0.2) is 4.98 Å². The minimum Gasteiger partial charge on any atom is -0.497 e. The molecule has 0 amide bonds. The number of nitrogens with one attached hydrogen (secondary N) is 2. The zero-order chi connectivity index (χ0) is 14.4. The van der Waals surface area contributed by atoms with Gasteiger partial charge >= 0.3 is 0 Å². The van der Waals surface area contributed by atoms with E-state index in [0.717, 1.165) is 28.1 Å². The van der Waals surface area contributed by atoms with Crippen molar-refractivity contribution in [3.05, 3.63) is 40.5 Å². The zero-order valence-electron chi connectivity index (χ0n) is 11.5. The number of halogens is 1. The lowest BCUT2D eigenvalue weighted by atomic mass is 10.2. The molecule has 2 rings (SSSR count). The highest BCUT2D eigenvalue weighted by molar-refractivity contribution is 9.10. The molecule has 2 aromatic rings. The van der Waals surface area contributed by atoms with Gasteiger partial charge in [-0.3, -0.25) is 0 Å². The molecular weight excluding hydrogens is 320 g/mol. The summed E-state index contributed by atoms with van der Waals surface area (Å²) in [5.41, 5.74) is 1.12. The van der Waals surface area contributed by atoms with Crippen molar-refractivity contribution in [1.29, 1.82) is 0 Å². The highest BCUT2D eigenvalue weighted by Gasteiger charge is 2.04. The normalized spacial score (nSPS) is 10.2. The smallest absolute Gasteiger partial charge is 0.224 e. The van der Waals surface area contributed by atoms with Crippen molar-refractivity contribution in [2.24, 2.45) is 0 Å². The third-order valence-electron chi connectivity index (χ3n) is 2.67. The summed E-state index contributed by atoms with van der Waals surface area (Å²) in [5.74, 6) is 2.22. The van der Waals surface area contributed by atoms with Gasteiger partial charge in [0.15, 0.2) is 0 Å². The highest BCUT2D eigenvalue weighted by Crippen LogP contribution is 2.21. The third kappa shape index (κ3) is 3.84. The lowest BCUT2D eigenvalue weighted by Gasteiger charge is -2.10. The second-order valence-electron chi connectivity index (χ2n) is 4.13. The molecule has 0 aliphatic rings. The minimum atomic E-state index is 0.615. The average molecular weight is 337 g/mol. The minimum absolute atomic E-state index is 0.615. The quantitative estimate of drug-likeness (QED) is 0.847. The van der Waals surface area contributed by atoms with Crippen LogP contribution in [0.1, 0.15) is 12.5 Å². The Bertz CT molecular complexity index is 577. The molecule has 0 saturated heterocycles. The molecule has 106 valence electrons. The number of aromatic nitrogens is 2. The van der Waals surface area contributed by atoms with Crippen molar-refractivity contribution in [2.75, 3.05) is 24.3 Å². The van der Waals surface area contributed by atoms with Crippen molar-refractivity contribution in [3.8, 4) is 5.75 Å². The van der Waals surface area contributed by atoms with E-state index in [1.54, 1.807) is 13.3 Å². The number of anilines is 2. The van der Waals surface area contributed by atoms with Crippen LogP contribution in [0.4, 0.5) is 11.8 Å². The first-order valence-electron chi connectivity index (χ1n) is 6.36. The Morgan fingerprint density at radius 1 is 1.30 bits per heavy atom. The maximum absolute atomic E-state index is 5.21. The fraction of sp³-hybridized carbons (Fsp3) is 0.286. The Balaban J connectivity index is 2.07. The number of benzene rings is 1. The molecular formula is C14H17BrN4O. The third-order valence-corrected chi connectivity index (χ3v) is 3.25. The molecule has 1 aromatic carbocycles. The molecule has 0 radical (unpaired) electrons. The first-order chi connectivity index (χ1) is 9.72. The lowest BCUT2D eigenvalue weighted by molar-refractivity contribution is 0.414. The molecule has 1 aromatic heterocycles. The Kier molecular flexibility index (Phi) is 5.17. The lowest BCUT2D eigenvalue weighted by Crippen LogP contribution is -2.07. The number of methoxy groups -OCH3 is 1. The molecule has 1 heterocycles. The van der Waals surface area contributed by atoms with Gasteiger partial charge in [0, 0.05) is 19.3 Å². The fourth-order valence-corrected chi connectivity index (χ4v) is 2.03. The maximum Gasteiger partial charge on any atom is 0.224 e. The van der Waals surface area contributed by atoms with Gasteiger partial charge in [0.05, 0.1) is 11.6 Å². The standard InChI is InChI=1S/C14H17BrN4O/c1-3-16-14-18-9-12(15)13(19-14)17-8-10-5-4-6-11(7-10)20-2/h4-7,9H,3,8H2,1-2H3,(H2,16,17,18,19). The number of rotatable bonds is 6. The van der Waals surface area contributed by atoms with E-state index >= 15 is 0 Å². The first kappa shape index (κ1) is 14.6. The first-order valence-corrected chi connectivity index (χ1v) is 7.15. The average Bonchev–Trinajstić information content (AvgIpc) is 2.48. The summed E-state index contributed by atoms with van der Waals surface area (Å²) < 4.78 is 6.04. The van der Waals surface area contributed by atoms with Crippen LogP contribution >= 0.6 is 15.9 Å². The SMILES string of the molecule is CCNc1ncc(Br)c(NCc2cccc(OC)c2)n1. The Morgan fingerprint density at radius 2 is 2.15 bits per heavy atom. The largest absolute Gasteiger partial charge is 0.497 e. The van der Waals surface area contributed by atoms with E-state index in [1.807, 2.05) is 31.2 Å². The predicted molar refractivity (Wildman–Crippen MR) is 84.2 cm³/mol. The fourth-order valence-electron chi connectivity index (χ4n) is 1.70. The summed E-state index contributed by atoms with van der Waals surface area (Å²) in [7, 11) is 1.66. The van der Waals surface area contributed by atoms with E-state index in [0.29, 0.717) is 12.5 Å². The predicted octanol–water partition coefficient (Wildman–Crippen LogP) is 3.29. The van der Waals surface area contributed by atoms with Crippen LogP contribution in [0.5, 0.6) is 5.75 Å². The molecule has 0 unspecified atom stereocenters. The summed E-state index contributed by atoms with van der Waals surface area (Å²) in [4.78, 5) is 8.59. The number of hydrogen-bond donors (Lipinski definition) is 2. The topological polar surface area (TPSA) is 59.1 Å². The van der Waals surface area contributed by atoms with Crippen LogP contribution in [-0.2, 0) is 6.54 Å². The molecule has 20 heavy (non-hydrogen) atoms. The Morgan fingerprint density at radius 3 is 2.90 bits per heavy atom. The van der Waals surface area contributed by atoms with Crippen LogP contribution < -0.4 is 15.4 Å². The van der Waals surface area contributed by atoms with Crippen LogP contribution in [0.2, 0.25) is 0 Å². The van der Waals surface area contributed by atoms with Gasteiger partial charge in [0.2, 0.25) is 5.95 Å². The van der Waals surface area contributed by atoms with Crippen molar-refractivity contribution >= 4 is 27.7 Å². The summed E-state index contributed by atoms with van der Waals surface area (Å²) in [6.45, 7) is 3.46. The molecule has 0 aliphatic heterocycles. The van der Waals surface area contributed by atoms with E-state index in [9.17, 15) is 0 Å². The Labute approximate surface area is 126 Å². The van der Waals surface area contributed by atoms with Crippen LogP contribution in [0, 0.1) is 0 Å². The van der Waals surface area contributed by atoms with Gasteiger partial charge < -0.3 is 15.4 Å². The summed E-state index contributed by atoms with van der Waals surface area (Å²) in [5, 5.41) is 6.37. The van der Waals surface area contributed by atoms with Crippen molar-refractivity contribution < 1.29 is 4.74 Å². The van der Waals surface area contributed by atoms with Gasteiger partial charge in [-0.1, -0.05) is 12.1 Å². The zero-order valence-corrected chi connectivity index (χ0v) is 13.1. The molecule has 0 spiro atoms. The van der Waals surface area contributed by atoms with Gasteiger partial charge in [0.1, 0.15) is 11.6 Å². The summed E-state index contributed by atoms with van der Waals surface area (Å²) >= 11 is 3.44. The second kappa shape index (κ2) is 7.09. The molecule has 5 nitrogen and oxygen atoms in total. The highest BCUT2D eigenvalue weighted by atomic mass is 79.9. The molecule has 2 N–H and O–H groups in total. The van der Waals surface area contributed by atoms with E-state index in [4.69, 9.17) is 4.74 Å². The van der Waals surface area contributed by atoms with Crippen LogP contribution in [-0.4, -0.2) is 23.6 Å². The van der Waals surface area contributed by atoms with Crippen molar-refractivity contribution in [2.45, 2.75) is 13.5 Å². The second-order valence-corrected chi connectivity index (χ2v) is 4.98. The van der Waals surface area contributed by atoms with Crippen LogP contribution in [0.3, 0.4) is 0 Å². The van der Waals surface area contributed by atoms with E-state index in [2.05, 4.69) is 36.5 Å². The van der Waals surface area contributed by atoms with Gasteiger partial charge in [-0.05, 0) is 40.5 Å². The van der Waals surface area contributed by atoms with Crippen molar-refractivity contribution in [3.63, 3.8) is 0 Å². The van der Waals surface area contributed by atoms with Gasteiger partial charge in [-0.2, -0.15) is 4.98 Å². The Hall–Kier alpha value is -1.82. The van der Waals surface area contributed by atoms with E-state index in [1.165, 1.54) is 0 Å². The monoisotopic (exact) mass is 336 g/mol. The number of nitrogens with zero attached hydrogens (tertiary/aromatic N) is 2. The molecule has 0 bridgehead atoms. The molecule has 6 heteroatoms. The van der Waals surface area contributed by atoms with E-state index in [-0.39, 0.29) is 0 Å². The molecule has 0 aliphatic carbocycles. The molecule has 0 fully saturated rings. The van der Waals surface area contributed by atoms with Crippen LogP contribution in [0.25, 0.3) is 0 Å². The van der Waals surface area contributed by atoms with Crippen molar-refractivity contribution in [1.82, 2.24) is 9.97 Å². The van der Waals surface area contributed by atoms with Crippen LogP contribution in [0.15, 0.2) is 34.9 Å². The number of ether oxygens (including phenoxy) is 1. The number of hydrogen-bond acceptors (Lipinski definition) is 5. The van der Waals surface area contributed by atoms with Gasteiger partial charge in [0.25, 0.3) is 0 Å². The maximum atomic E-state index is 5.21. The molecule has 0 saturated carbocycles. The summed E-state index contributed by atoms with van der Waals surface area (Å²) in [6, 6.07) is 7.92. The summed E-state index contributed by atoms with van der Waals surface area (Å²) in [6.07, 6.45) is 1.74. The van der Waals surface area contributed by atoms with Gasteiger partial charge in [-0.15, -0.1) is 0 Å².